The Bertz CT molecular complexity index is 667. The molecule has 0 heterocycles. The minimum Gasteiger partial charge on any atom is -0.469 e. The molecule has 0 radical (unpaired) electrons. The fourth-order valence-corrected chi connectivity index (χ4v) is 7.76. The van der Waals surface area contributed by atoms with Crippen molar-refractivity contribution in [1.82, 2.24) is 0 Å². The van der Waals surface area contributed by atoms with Crippen molar-refractivity contribution in [1.29, 1.82) is 0 Å². The quantitative estimate of drug-likeness (QED) is 0.690. The van der Waals surface area contributed by atoms with Gasteiger partial charge in [0.05, 0.1) is 19.6 Å². The number of hydrogen-bond donors (Lipinski definition) is 0. The lowest BCUT2D eigenvalue weighted by Crippen LogP contribution is -2.58. The molecule has 4 rings (SSSR count). The molecule has 0 aliphatic heterocycles. The van der Waals surface area contributed by atoms with Crippen molar-refractivity contribution >= 4 is 11.9 Å². The van der Waals surface area contributed by atoms with Gasteiger partial charge in [0, 0.05) is 5.57 Å². The fourth-order valence-electron chi connectivity index (χ4n) is 7.76. The first-order chi connectivity index (χ1) is 12.3. The van der Waals surface area contributed by atoms with E-state index in [0.717, 1.165) is 50.5 Å². The van der Waals surface area contributed by atoms with Gasteiger partial charge in [-0.15, -0.1) is 0 Å². The molecule has 4 aliphatic carbocycles. The minimum absolute atomic E-state index is 0.0322. The normalized spacial score (nSPS) is 46.6. The van der Waals surface area contributed by atoms with E-state index < -0.39 is 0 Å². The predicted molar refractivity (Wildman–Crippen MR) is 98.2 cm³/mol. The van der Waals surface area contributed by atoms with Crippen LogP contribution in [0.4, 0.5) is 0 Å². The lowest BCUT2D eigenvalue weighted by atomic mass is 9.41. The lowest BCUT2D eigenvalue weighted by molar-refractivity contribution is -0.180. The number of carbonyl (C=O) groups is 2. The van der Waals surface area contributed by atoms with Crippen LogP contribution in [-0.4, -0.2) is 26.2 Å². The average Bonchev–Trinajstić information content (AvgIpc) is 2.90. The van der Waals surface area contributed by atoms with E-state index in [0.29, 0.717) is 17.8 Å². The first kappa shape index (κ1) is 18.1. The van der Waals surface area contributed by atoms with Crippen LogP contribution in [0.3, 0.4) is 0 Å². The van der Waals surface area contributed by atoms with Crippen LogP contribution in [0.2, 0.25) is 0 Å². The summed E-state index contributed by atoms with van der Waals surface area (Å²) in [6, 6.07) is 0. The van der Waals surface area contributed by atoms with Crippen molar-refractivity contribution in [3.05, 3.63) is 11.6 Å². The van der Waals surface area contributed by atoms with E-state index in [9.17, 15) is 9.59 Å². The summed E-state index contributed by atoms with van der Waals surface area (Å²) in [5.74, 6) is 1.13. The lowest BCUT2D eigenvalue weighted by Gasteiger charge is -2.63. The van der Waals surface area contributed by atoms with Crippen LogP contribution in [0.15, 0.2) is 11.6 Å². The van der Waals surface area contributed by atoms with Crippen LogP contribution >= 0.6 is 0 Å². The Morgan fingerprint density at radius 1 is 1.00 bits per heavy atom. The maximum absolute atomic E-state index is 12.7. The van der Waals surface area contributed by atoms with Gasteiger partial charge in [-0.25, -0.2) is 4.79 Å². The number of ether oxygens (including phenoxy) is 2. The molecular weight excluding hydrogens is 328 g/mol. The summed E-state index contributed by atoms with van der Waals surface area (Å²) in [4.78, 5) is 25.0. The maximum Gasteiger partial charge on any atom is 0.333 e. The van der Waals surface area contributed by atoms with Crippen LogP contribution in [0.1, 0.15) is 65.2 Å². The van der Waals surface area contributed by atoms with Gasteiger partial charge in [0.15, 0.2) is 0 Å². The maximum atomic E-state index is 12.7. The molecule has 0 aromatic heterocycles. The Hall–Kier alpha value is -1.32. The monoisotopic (exact) mass is 360 g/mol. The molecule has 0 saturated heterocycles. The first-order valence-electron chi connectivity index (χ1n) is 10.2. The molecule has 0 amide bonds. The molecule has 4 aliphatic rings. The van der Waals surface area contributed by atoms with Crippen molar-refractivity contribution in [2.45, 2.75) is 65.2 Å². The summed E-state index contributed by atoms with van der Waals surface area (Å²) in [7, 11) is 3.01. The number of hydrogen-bond acceptors (Lipinski definition) is 4. The molecule has 4 heteroatoms. The number of esters is 2. The largest absolute Gasteiger partial charge is 0.469 e. The molecule has 6 atom stereocenters. The highest BCUT2D eigenvalue weighted by Gasteiger charge is 2.64. The molecule has 1 spiro atoms. The third-order valence-corrected chi connectivity index (χ3v) is 8.75. The van der Waals surface area contributed by atoms with Gasteiger partial charge in [0.2, 0.25) is 0 Å². The van der Waals surface area contributed by atoms with E-state index in [1.54, 1.807) is 0 Å². The average molecular weight is 360 g/mol. The zero-order valence-corrected chi connectivity index (χ0v) is 16.6. The Morgan fingerprint density at radius 3 is 2.46 bits per heavy atom. The Balaban J connectivity index is 1.73. The molecule has 0 aromatic rings. The van der Waals surface area contributed by atoms with Gasteiger partial charge >= 0.3 is 11.9 Å². The number of carbonyl (C=O) groups excluding carboxylic acids is 2. The number of allylic oxidation sites excluding steroid dienone is 1. The summed E-state index contributed by atoms with van der Waals surface area (Å²) >= 11 is 0. The Kier molecular flexibility index (Phi) is 4.06. The van der Waals surface area contributed by atoms with E-state index in [4.69, 9.17) is 9.47 Å². The smallest absolute Gasteiger partial charge is 0.333 e. The third-order valence-electron chi connectivity index (χ3n) is 8.75. The molecule has 2 bridgehead atoms. The van der Waals surface area contributed by atoms with Gasteiger partial charge < -0.3 is 9.47 Å². The molecule has 0 N–H and O–H groups in total. The number of fused-ring (bicyclic) bond motifs is 3. The van der Waals surface area contributed by atoms with Crippen molar-refractivity contribution in [3.63, 3.8) is 0 Å². The summed E-state index contributed by atoms with van der Waals surface area (Å²) < 4.78 is 10.3. The van der Waals surface area contributed by atoms with Crippen LogP contribution in [0.5, 0.6) is 0 Å². The van der Waals surface area contributed by atoms with Crippen LogP contribution < -0.4 is 0 Å². The summed E-state index contributed by atoms with van der Waals surface area (Å²) in [5.41, 5.74) is 0.829. The molecular formula is C22H32O4. The second-order valence-corrected chi connectivity index (χ2v) is 9.72. The van der Waals surface area contributed by atoms with E-state index in [1.165, 1.54) is 20.6 Å². The van der Waals surface area contributed by atoms with Gasteiger partial charge in [0.1, 0.15) is 0 Å². The number of methoxy groups -OCH3 is 2. The Morgan fingerprint density at radius 2 is 1.77 bits per heavy atom. The molecule has 3 saturated carbocycles. The molecule has 4 nitrogen and oxygen atoms in total. The summed E-state index contributed by atoms with van der Waals surface area (Å²) in [6.07, 6.45) is 11.0. The van der Waals surface area contributed by atoms with Crippen molar-refractivity contribution in [2.75, 3.05) is 14.2 Å². The highest BCUT2D eigenvalue weighted by atomic mass is 16.5. The van der Waals surface area contributed by atoms with Gasteiger partial charge in [-0.05, 0) is 80.5 Å². The zero-order valence-electron chi connectivity index (χ0n) is 16.6. The Labute approximate surface area is 156 Å². The van der Waals surface area contributed by atoms with Crippen LogP contribution in [0, 0.1) is 34.0 Å². The van der Waals surface area contributed by atoms with Crippen molar-refractivity contribution < 1.29 is 19.1 Å². The topological polar surface area (TPSA) is 52.6 Å². The van der Waals surface area contributed by atoms with E-state index >= 15 is 0 Å². The standard InChI is InChI=1S/C22H32O4/c1-20-9-5-10-21(2,19(24)26-4)16(20)8-11-22-12-14(6-7-17(20)22)15(13-22)18(23)25-3/h13-14,16-17H,5-12H2,1-4H3/t14-,16+,17+,20-,21-,22+/m1/s1. The second-order valence-electron chi connectivity index (χ2n) is 9.72. The predicted octanol–water partition coefficient (Wildman–Crippen LogP) is 4.28. The van der Waals surface area contributed by atoms with Gasteiger partial charge in [-0.2, -0.15) is 0 Å². The summed E-state index contributed by atoms with van der Waals surface area (Å²) in [6.45, 7) is 4.56. The molecule has 144 valence electrons. The minimum atomic E-state index is -0.367. The zero-order chi connectivity index (χ0) is 18.7. The molecule has 3 fully saturated rings. The molecule has 0 aromatic carbocycles. The van der Waals surface area contributed by atoms with E-state index in [1.807, 2.05) is 0 Å². The third kappa shape index (κ3) is 2.20. The van der Waals surface area contributed by atoms with Crippen molar-refractivity contribution in [2.24, 2.45) is 34.0 Å². The first-order valence-corrected chi connectivity index (χ1v) is 10.2. The second kappa shape index (κ2) is 5.84. The van der Waals surface area contributed by atoms with Crippen LogP contribution in [-0.2, 0) is 19.1 Å². The van der Waals surface area contributed by atoms with Gasteiger partial charge in [-0.3, -0.25) is 4.79 Å². The van der Waals surface area contributed by atoms with Crippen LogP contribution in [0.25, 0.3) is 0 Å². The summed E-state index contributed by atoms with van der Waals surface area (Å²) in [5, 5.41) is 0. The fraction of sp³-hybridized carbons (Fsp3) is 0.818. The molecule has 26 heavy (non-hydrogen) atoms. The van der Waals surface area contributed by atoms with E-state index in [-0.39, 0.29) is 28.2 Å². The highest BCUT2D eigenvalue weighted by molar-refractivity contribution is 5.90. The van der Waals surface area contributed by atoms with Crippen molar-refractivity contribution in [3.8, 4) is 0 Å². The SMILES string of the molecule is COC(=O)C1=C[C@@]23CC[C@H]4[C@@](C)(CCC[C@@]4(C)C(=O)OC)[C@@H]2CC[C@@H]1C3. The number of rotatable bonds is 2. The van der Waals surface area contributed by atoms with Gasteiger partial charge in [-0.1, -0.05) is 19.4 Å². The molecule has 0 unspecified atom stereocenters. The van der Waals surface area contributed by atoms with E-state index in [2.05, 4.69) is 19.9 Å². The highest BCUT2D eigenvalue weighted by Crippen LogP contribution is 2.70. The van der Waals surface area contributed by atoms with Gasteiger partial charge in [0.25, 0.3) is 0 Å².